The van der Waals surface area contributed by atoms with Crippen LogP contribution in [0.25, 0.3) is 78.8 Å². The average Bonchev–Trinajstić information content (AvgIpc) is 0.793. The molecule has 0 N–H and O–H groups in total. The van der Waals surface area contributed by atoms with Crippen LogP contribution in [-0.2, 0) is 49.3 Å². The lowest BCUT2D eigenvalue weighted by molar-refractivity contribution is -0.661. The van der Waals surface area contributed by atoms with E-state index in [1.165, 1.54) is 168 Å². The predicted molar refractivity (Wildman–Crippen MR) is 461 cm³/mol. The highest BCUT2D eigenvalue weighted by Crippen LogP contribution is 2.30. The lowest BCUT2D eigenvalue weighted by Crippen LogP contribution is -2.33. The van der Waals surface area contributed by atoms with Gasteiger partial charge in [0.2, 0.25) is 39.9 Å². The van der Waals surface area contributed by atoms with Crippen molar-refractivity contribution in [3.63, 3.8) is 0 Å². The molecular formula is C103H122N7+7. The molecule has 7 aromatic heterocycles. The minimum Gasteiger partial charge on any atom is -0.201 e. The predicted octanol–water partition coefficient (Wildman–Crippen LogP) is 21.1. The molecule has 7 heteroatoms. The lowest BCUT2D eigenvalue weighted by Gasteiger charge is -2.10. The number of hydrogen-bond donors (Lipinski definition) is 0. The highest BCUT2D eigenvalue weighted by molar-refractivity contribution is 5.69. The Kier molecular flexibility index (Phi) is 28.3. The third-order valence-corrected chi connectivity index (χ3v) is 21.1. The van der Waals surface area contributed by atoms with Crippen LogP contribution in [-0.4, -0.2) is 0 Å². The second-order valence-corrected chi connectivity index (χ2v) is 29.9. The highest BCUT2D eigenvalue weighted by Gasteiger charge is 2.22. The van der Waals surface area contributed by atoms with E-state index in [0.29, 0.717) is 5.56 Å². The maximum absolute atomic E-state index is 7.41. The average molecular weight is 1460 g/mol. The topological polar surface area (TPSA) is 27.2 Å². The van der Waals surface area contributed by atoms with Crippen LogP contribution in [0.2, 0.25) is 0 Å². The van der Waals surface area contributed by atoms with Gasteiger partial charge in [0.25, 0.3) is 0 Å². The van der Waals surface area contributed by atoms with Crippen LogP contribution in [0.15, 0.2) is 268 Å². The molecule has 0 bridgehead atoms. The molecule has 562 valence electrons. The number of aryl methyl sites for hydroxylation is 23. The van der Waals surface area contributed by atoms with Gasteiger partial charge in [-0.3, -0.25) is 0 Å². The Morgan fingerprint density at radius 2 is 0.545 bits per heavy atom. The van der Waals surface area contributed by atoms with Gasteiger partial charge in [0.1, 0.15) is 49.3 Å². The second kappa shape index (κ2) is 39.1. The fraction of sp³-hybridized carbons (Fsp3) is 0.252. The number of pyridine rings is 7. The normalized spacial score (nSPS) is 11.0. The van der Waals surface area contributed by atoms with Crippen molar-refractivity contribution in [3.05, 3.63) is 374 Å². The first kappa shape index (κ1) is 79.6. The summed E-state index contributed by atoms with van der Waals surface area (Å²) < 4.78 is 37.3. The third kappa shape index (κ3) is 21.5. The quantitative estimate of drug-likeness (QED) is 0.142. The molecule has 0 aliphatic heterocycles. The Bertz CT molecular complexity index is 5600. The van der Waals surface area contributed by atoms with Crippen LogP contribution in [0.1, 0.15) is 110 Å². The summed E-state index contributed by atoms with van der Waals surface area (Å²) in [6.45, 7) is 36.8. The van der Waals surface area contributed by atoms with Crippen molar-refractivity contribution in [1.29, 1.82) is 0 Å². The largest absolute Gasteiger partial charge is 0.215 e. The molecule has 0 unspecified atom stereocenters. The molecule has 0 fully saturated rings. The molecule has 0 atom stereocenters. The zero-order valence-corrected chi connectivity index (χ0v) is 70.5. The van der Waals surface area contributed by atoms with Crippen LogP contribution < -0.4 is 32.0 Å². The summed E-state index contributed by atoms with van der Waals surface area (Å²) in [4.78, 5) is 0. The number of rotatable bonds is 7. The number of benzene rings is 7. The van der Waals surface area contributed by atoms with E-state index in [9.17, 15) is 0 Å². The molecule has 0 aliphatic rings. The van der Waals surface area contributed by atoms with E-state index < -0.39 is 6.85 Å². The number of aromatic nitrogens is 7. The van der Waals surface area contributed by atoms with Crippen LogP contribution in [0.4, 0.5) is 0 Å². The molecule has 14 aromatic rings. The summed E-state index contributed by atoms with van der Waals surface area (Å²) in [7, 11) is 14.5. The van der Waals surface area contributed by atoms with Gasteiger partial charge in [0, 0.05) is 124 Å². The molecule has 0 saturated heterocycles. The Balaban J connectivity index is 0.000000165. The highest BCUT2D eigenvalue weighted by atomic mass is 15.0. The molecule has 0 radical (unpaired) electrons. The van der Waals surface area contributed by atoms with Crippen LogP contribution in [0.3, 0.4) is 0 Å². The van der Waals surface area contributed by atoms with Crippen LogP contribution in [0, 0.1) is 131 Å². The Hall–Kier alpha value is -11.4. The van der Waals surface area contributed by atoms with E-state index in [1.807, 2.05) is 48.9 Å². The number of hydrogen-bond acceptors (Lipinski definition) is 0. The second-order valence-electron chi connectivity index (χ2n) is 29.9. The lowest BCUT2D eigenvalue weighted by atomic mass is 9.97. The van der Waals surface area contributed by atoms with Crippen molar-refractivity contribution >= 4 is 0 Å². The molecular weight excluding hydrogens is 1340 g/mol. The number of nitrogens with zero attached hydrogens (tertiary/aromatic N) is 7. The fourth-order valence-electron chi connectivity index (χ4n) is 14.4. The van der Waals surface area contributed by atoms with Gasteiger partial charge in [-0.25, -0.2) is 32.0 Å². The smallest absolute Gasteiger partial charge is 0.201 e. The van der Waals surface area contributed by atoms with Gasteiger partial charge in [-0.15, -0.1) is 0 Å². The minimum atomic E-state index is -2.05. The first-order chi connectivity index (χ1) is 53.6. The summed E-state index contributed by atoms with van der Waals surface area (Å²) in [6, 6.07) is 78.0. The van der Waals surface area contributed by atoms with Gasteiger partial charge < -0.3 is 0 Å². The summed E-state index contributed by atoms with van der Waals surface area (Å²) in [5.41, 5.74) is 42.1. The van der Waals surface area contributed by atoms with Crippen molar-refractivity contribution in [1.82, 2.24) is 0 Å². The maximum atomic E-state index is 7.41. The molecule has 0 spiro atoms. The third-order valence-electron chi connectivity index (χ3n) is 21.1. The molecule has 0 amide bonds. The first-order valence-electron chi connectivity index (χ1n) is 39.8. The van der Waals surface area contributed by atoms with E-state index in [-0.39, 0.29) is 0 Å². The fourth-order valence-corrected chi connectivity index (χ4v) is 14.4. The molecule has 0 aliphatic carbocycles. The summed E-state index contributed by atoms with van der Waals surface area (Å²) in [5, 5.41) is 0. The first-order valence-corrected chi connectivity index (χ1v) is 38.3. The van der Waals surface area contributed by atoms with Crippen molar-refractivity contribution in [2.75, 3.05) is 0 Å². The van der Waals surface area contributed by atoms with E-state index in [4.69, 9.17) is 4.11 Å². The maximum Gasteiger partial charge on any atom is 0.215 e. The minimum absolute atomic E-state index is 0.363. The van der Waals surface area contributed by atoms with E-state index >= 15 is 0 Å². The van der Waals surface area contributed by atoms with Gasteiger partial charge in [0.15, 0.2) is 43.4 Å². The van der Waals surface area contributed by atoms with Gasteiger partial charge in [0.05, 0.1) is 0 Å². The zero-order valence-electron chi connectivity index (χ0n) is 73.5. The van der Waals surface area contributed by atoms with Crippen molar-refractivity contribution < 1.29 is 36.1 Å². The molecule has 7 heterocycles. The van der Waals surface area contributed by atoms with Crippen LogP contribution in [0.5, 0.6) is 0 Å². The summed E-state index contributed by atoms with van der Waals surface area (Å²) in [5.74, 6) is 0. The molecule has 0 saturated carbocycles. The van der Waals surface area contributed by atoms with Gasteiger partial charge in [-0.1, -0.05) is 127 Å². The SMILES string of the molecule is Cc1cc(-c2ccccc2C)[n+](C)cc1C.Cc1cc(C)c(-c2ccccc2C)[n+](C)c1.Cc1cc[n+](C)c(-c2ccccc2C)c1.Cc1ccccc1-c1c(C)c(C)c(C)c[n+]1C.Cc1ccccc1-c1c(C)c(C)cc[n+]1C.Cc1ccccc1-c1c(C)ccc[n+]1C.[2H]C([2H])([2H])c1ccc(-c2ccccc2C)[n+](C)c1. The Morgan fingerprint density at radius 1 is 0.191 bits per heavy atom. The summed E-state index contributed by atoms with van der Waals surface area (Å²) >= 11 is 0. The van der Waals surface area contributed by atoms with Crippen molar-refractivity contribution in [2.45, 2.75) is 131 Å². The molecule has 110 heavy (non-hydrogen) atoms. The van der Waals surface area contributed by atoms with E-state index in [1.54, 1.807) is 12.3 Å². The molecule has 7 aromatic carbocycles. The van der Waals surface area contributed by atoms with E-state index in [0.717, 1.165) is 11.3 Å². The van der Waals surface area contributed by atoms with Crippen LogP contribution >= 0.6 is 0 Å². The van der Waals surface area contributed by atoms with Crippen molar-refractivity contribution in [2.24, 2.45) is 49.3 Å². The van der Waals surface area contributed by atoms with Gasteiger partial charge in [-0.05, 0) is 253 Å². The van der Waals surface area contributed by atoms with Gasteiger partial charge >= 0.3 is 0 Å². The zero-order chi connectivity index (χ0) is 82.7. The van der Waals surface area contributed by atoms with Crippen molar-refractivity contribution in [3.8, 4) is 78.8 Å². The standard InChI is InChI=1S/C16H20N.3C15H18N.3C14H16N/c1-11-8-6-7-9-15(11)16-14(4)13(3)12(2)10-17(16)5;1-11-9-13(3)15(16(4)10-11)14-8-6-5-7-12(14)2;1-11-7-5-6-8-14(11)15-9-12(2)13(3)10-16(15)4;1-11-9-10-16(4)15(13(11)3)14-8-6-5-7-12(14)2;1-11-7-4-5-9-13(11)14-12(2)8-6-10-15(14)3;1-11-8-9-15(3)14(10-11)13-7-5-4-6-12(13)2;1-11-8-9-14(15(3)10-11)13-7-5-4-6-12(13)2/h6-10H,1-5H3;3*5-10H,1-4H3;3*4-10H,1-3H3/q7*+1/i;;;;;;1D3. The Morgan fingerprint density at radius 3 is 0.982 bits per heavy atom. The summed E-state index contributed by atoms with van der Waals surface area (Å²) in [6.07, 6.45) is 14.6. The monoisotopic (exact) mass is 1460 g/mol. The Labute approximate surface area is 665 Å². The van der Waals surface area contributed by atoms with Gasteiger partial charge in [-0.2, -0.15) is 0 Å². The molecule has 14 rings (SSSR count). The van der Waals surface area contributed by atoms with E-state index in [2.05, 4.69) is 413 Å². The molecule has 7 nitrogen and oxygen atoms in total.